The third-order valence-corrected chi connectivity index (χ3v) is 9.52. The molecule has 0 aliphatic carbocycles. The van der Waals surface area contributed by atoms with Gasteiger partial charge >= 0.3 is 0 Å². The molecule has 0 saturated heterocycles. The van der Waals surface area contributed by atoms with Crippen LogP contribution in [0, 0.1) is 0 Å². The van der Waals surface area contributed by atoms with Gasteiger partial charge in [0.05, 0.1) is 0 Å². The van der Waals surface area contributed by atoms with Crippen LogP contribution < -0.4 is 0 Å². The van der Waals surface area contributed by atoms with Crippen LogP contribution in [-0.2, 0) is 0 Å². The lowest BCUT2D eigenvalue weighted by molar-refractivity contribution is 0.672. The fourth-order valence-corrected chi connectivity index (χ4v) is 7.18. The van der Waals surface area contributed by atoms with E-state index in [9.17, 15) is 0 Å². The van der Waals surface area contributed by atoms with E-state index in [2.05, 4.69) is 158 Å². The minimum Gasteiger partial charge on any atom is -0.455 e. The number of fused-ring (bicyclic) bond motifs is 7. The Bertz CT molecular complexity index is 2780. The summed E-state index contributed by atoms with van der Waals surface area (Å²) in [5.41, 5.74) is 6.89. The maximum atomic E-state index is 6.58. The van der Waals surface area contributed by atoms with Gasteiger partial charge in [0.25, 0.3) is 0 Å². The van der Waals surface area contributed by atoms with Gasteiger partial charge in [-0.15, -0.1) is 0 Å². The summed E-state index contributed by atoms with van der Waals surface area (Å²) in [6.45, 7) is 0. The van der Waals surface area contributed by atoms with Crippen LogP contribution >= 0.6 is 0 Å². The van der Waals surface area contributed by atoms with Crippen LogP contribution in [0.4, 0.5) is 0 Å². The summed E-state index contributed by atoms with van der Waals surface area (Å²) < 4.78 is 6.58. The van der Waals surface area contributed by atoms with E-state index in [1.54, 1.807) is 0 Å². The fraction of sp³-hybridized carbons (Fsp3) is 0. The SMILES string of the molecule is c1ccc(-c2cc3c4cc(-c5nc(-c6cccc7ccccc67)nc(-c6cccc7ccccc67)n5)ccc4oc3c3ccccc23)cc1. The van der Waals surface area contributed by atoms with E-state index in [1.165, 1.54) is 11.1 Å². The predicted molar refractivity (Wildman–Crippen MR) is 201 cm³/mol. The lowest BCUT2D eigenvalue weighted by Crippen LogP contribution is -2.01. The molecule has 0 unspecified atom stereocenters. The van der Waals surface area contributed by atoms with E-state index in [1.807, 2.05) is 6.07 Å². The van der Waals surface area contributed by atoms with Gasteiger partial charge in [0.15, 0.2) is 17.5 Å². The summed E-state index contributed by atoms with van der Waals surface area (Å²) in [5.74, 6) is 1.89. The van der Waals surface area contributed by atoms with Crippen molar-refractivity contribution in [1.29, 1.82) is 0 Å². The van der Waals surface area contributed by atoms with E-state index < -0.39 is 0 Å². The summed E-state index contributed by atoms with van der Waals surface area (Å²) in [6.07, 6.45) is 0. The van der Waals surface area contributed by atoms with Gasteiger partial charge in [0.1, 0.15) is 11.2 Å². The lowest BCUT2D eigenvalue weighted by Gasteiger charge is -2.11. The first-order valence-electron chi connectivity index (χ1n) is 16.4. The monoisotopic (exact) mass is 625 g/mol. The minimum absolute atomic E-state index is 0.612. The van der Waals surface area contributed by atoms with Crippen molar-refractivity contribution in [3.05, 3.63) is 164 Å². The van der Waals surface area contributed by atoms with Crippen molar-refractivity contribution >= 4 is 54.3 Å². The molecule has 4 nitrogen and oxygen atoms in total. The first-order valence-corrected chi connectivity index (χ1v) is 16.4. The van der Waals surface area contributed by atoms with Crippen molar-refractivity contribution in [1.82, 2.24) is 15.0 Å². The molecule has 4 heteroatoms. The largest absolute Gasteiger partial charge is 0.455 e. The molecule has 228 valence electrons. The molecule has 0 amide bonds. The zero-order valence-corrected chi connectivity index (χ0v) is 26.3. The summed E-state index contributed by atoms with van der Waals surface area (Å²) in [5, 5.41) is 8.82. The molecule has 0 aliphatic heterocycles. The first kappa shape index (κ1) is 27.5. The zero-order valence-electron chi connectivity index (χ0n) is 26.3. The van der Waals surface area contributed by atoms with Gasteiger partial charge in [-0.05, 0) is 62.3 Å². The van der Waals surface area contributed by atoms with Gasteiger partial charge in [0.2, 0.25) is 0 Å². The van der Waals surface area contributed by atoms with Crippen molar-refractivity contribution in [2.75, 3.05) is 0 Å². The normalized spacial score (nSPS) is 11.7. The predicted octanol–water partition coefficient (Wildman–Crippen LogP) is 11.9. The molecule has 49 heavy (non-hydrogen) atoms. The molecule has 0 spiro atoms. The van der Waals surface area contributed by atoms with Crippen LogP contribution in [0.25, 0.3) is 99.5 Å². The van der Waals surface area contributed by atoms with Crippen LogP contribution in [0.5, 0.6) is 0 Å². The highest BCUT2D eigenvalue weighted by Gasteiger charge is 2.19. The number of benzene rings is 8. The van der Waals surface area contributed by atoms with Crippen LogP contribution in [0.15, 0.2) is 168 Å². The third kappa shape index (κ3) is 4.49. The summed E-state index contributed by atoms with van der Waals surface area (Å²) in [6, 6.07) is 56.9. The Morgan fingerprint density at radius 3 is 1.55 bits per heavy atom. The standard InChI is InChI=1S/C45H27N3O/c1-2-12-30(13-3-1)38-27-40-39-26-31(24-25-41(39)49-42(40)35-21-9-8-20-34(35)38)43-46-44(36-22-10-16-28-14-4-6-18-32(28)36)48-45(47-43)37-23-11-17-29-15-5-7-19-33(29)37/h1-27H. The van der Waals surface area contributed by atoms with E-state index in [-0.39, 0.29) is 0 Å². The van der Waals surface area contributed by atoms with E-state index in [0.29, 0.717) is 17.5 Å². The molecular formula is C45H27N3O. The summed E-state index contributed by atoms with van der Waals surface area (Å²) in [4.78, 5) is 15.5. The molecule has 2 aromatic heterocycles. The Kier molecular flexibility index (Phi) is 6.15. The average molecular weight is 626 g/mol. The van der Waals surface area contributed by atoms with Crippen LogP contribution in [0.1, 0.15) is 0 Å². The van der Waals surface area contributed by atoms with Gasteiger partial charge in [-0.25, -0.2) is 15.0 Å². The molecular weight excluding hydrogens is 599 g/mol. The van der Waals surface area contributed by atoms with E-state index in [0.717, 1.165) is 70.9 Å². The third-order valence-electron chi connectivity index (χ3n) is 9.52. The van der Waals surface area contributed by atoms with Gasteiger partial charge in [-0.1, -0.05) is 140 Å². The molecule has 0 aliphatic rings. The molecule has 10 rings (SSSR count). The topological polar surface area (TPSA) is 51.8 Å². The van der Waals surface area contributed by atoms with Gasteiger partial charge in [-0.3, -0.25) is 0 Å². The molecule has 2 heterocycles. The highest BCUT2D eigenvalue weighted by Crippen LogP contribution is 2.41. The molecule has 0 atom stereocenters. The second-order valence-corrected chi connectivity index (χ2v) is 12.4. The molecule has 0 N–H and O–H groups in total. The van der Waals surface area contributed by atoms with Crippen molar-refractivity contribution in [3.63, 3.8) is 0 Å². The average Bonchev–Trinajstić information content (AvgIpc) is 3.55. The molecule has 0 fully saturated rings. The molecule has 0 bridgehead atoms. The highest BCUT2D eigenvalue weighted by molar-refractivity contribution is 6.19. The maximum Gasteiger partial charge on any atom is 0.164 e. The maximum absolute atomic E-state index is 6.58. The second kappa shape index (κ2) is 11.0. The summed E-state index contributed by atoms with van der Waals surface area (Å²) in [7, 11) is 0. The molecule has 0 saturated carbocycles. The minimum atomic E-state index is 0.612. The van der Waals surface area contributed by atoms with E-state index in [4.69, 9.17) is 19.4 Å². The number of hydrogen-bond donors (Lipinski definition) is 0. The van der Waals surface area contributed by atoms with Crippen LogP contribution in [-0.4, -0.2) is 15.0 Å². The Labute approximate surface area is 282 Å². The van der Waals surface area contributed by atoms with Crippen molar-refractivity contribution in [2.45, 2.75) is 0 Å². The Balaban J connectivity index is 1.24. The van der Waals surface area contributed by atoms with Gasteiger partial charge < -0.3 is 4.42 Å². The van der Waals surface area contributed by atoms with Crippen LogP contribution in [0.2, 0.25) is 0 Å². The number of nitrogens with zero attached hydrogens (tertiary/aromatic N) is 3. The number of rotatable bonds is 4. The van der Waals surface area contributed by atoms with E-state index >= 15 is 0 Å². The Morgan fingerprint density at radius 1 is 0.327 bits per heavy atom. The summed E-state index contributed by atoms with van der Waals surface area (Å²) >= 11 is 0. The van der Waals surface area contributed by atoms with Crippen LogP contribution in [0.3, 0.4) is 0 Å². The number of hydrogen-bond acceptors (Lipinski definition) is 4. The smallest absolute Gasteiger partial charge is 0.164 e. The number of aromatic nitrogens is 3. The Morgan fingerprint density at radius 2 is 0.878 bits per heavy atom. The quantitative estimate of drug-likeness (QED) is 0.195. The Hall–Kier alpha value is -6.65. The molecule has 10 aromatic rings. The lowest BCUT2D eigenvalue weighted by atomic mass is 9.95. The fourth-order valence-electron chi connectivity index (χ4n) is 7.18. The van der Waals surface area contributed by atoms with Gasteiger partial charge in [0, 0.05) is 32.8 Å². The van der Waals surface area contributed by atoms with Crippen molar-refractivity contribution in [3.8, 4) is 45.3 Å². The highest BCUT2D eigenvalue weighted by atomic mass is 16.3. The zero-order chi connectivity index (χ0) is 32.3. The molecule has 8 aromatic carbocycles. The van der Waals surface area contributed by atoms with Crippen molar-refractivity contribution in [2.24, 2.45) is 0 Å². The van der Waals surface area contributed by atoms with Gasteiger partial charge in [-0.2, -0.15) is 0 Å². The molecule has 0 radical (unpaired) electrons. The second-order valence-electron chi connectivity index (χ2n) is 12.4. The van der Waals surface area contributed by atoms with Crippen molar-refractivity contribution < 1.29 is 4.42 Å². The number of furan rings is 1. The first-order chi connectivity index (χ1) is 24.3.